The molecule has 0 radical (unpaired) electrons. The molecule has 14 heteroatoms. The van der Waals surface area contributed by atoms with Gasteiger partial charge < -0.3 is 30.2 Å². The lowest BCUT2D eigenvalue weighted by Crippen LogP contribution is -2.30. The van der Waals surface area contributed by atoms with Gasteiger partial charge in [-0.2, -0.15) is 0 Å². The van der Waals surface area contributed by atoms with Gasteiger partial charge in [-0.3, -0.25) is 14.4 Å². The van der Waals surface area contributed by atoms with Crippen molar-refractivity contribution in [3.63, 3.8) is 0 Å². The topological polar surface area (TPSA) is 128 Å². The number of anilines is 2. The number of hydrogen-bond acceptors (Lipinski definition) is 9. The maximum atomic E-state index is 13.8. The summed E-state index contributed by atoms with van der Waals surface area (Å²) in [7, 11) is 4.47. The summed E-state index contributed by atoms with van der Waals surface area (Å²) in [6.07, 6.45) is 2.04. The Bertz CT molecular complexity index is 2080. The van der Waals surface area contributed by atoms with Crippen molar-refractivity contribution in [3.8, 4) is 28.5 Å². The summed E-state index contributed by atoms with van der Waals surface area (Å²) in [4.78, 5) is 45.6. The molecule has 0 saturated carbocycles. The molecule has 5 aromatic rings. The highest BCUT2D eigenvalue weighted by Crippen LogP contribution is 2.39. The number of aromatic nitrogens is 1. The second-order valence-corrected chi connectivity index (χ2v) is 14.0. The van der Waals surface area contributed by atoms with Crippen LogP contribution in [0.2, 0.25) is 10.0 Å². The molecular formula is C38H34Cl2N4O6S2. The average Bonchev–Trinajstić information content (AvgIpc) is 3.61. The summed E-state index contributed by atoms with van der Waals surface area (Å²) in [5, 5.41) is 11.3. The maximum Gasteiger partial charge on any atom is 0.272 e. The van der Waals surface area contributed by atoms with E-state index in [0.29, 0.717) is 66.9 Å². The molecule has 52 heavy (non-hydrogen) atoms. The van der Waals surface area contributed by atoms with Crippen molar-refractivity contribution in [2.45, 2.75) is 23.5 Å². The molecule has 1 aromatic heterocycles. The van der Waals surface area contributed by atoms with Crippen molar-refractivity contribution in [1.29, 1.82) is 0 Å². The molecule has 1 unspecified atom stereocenters. The predicted molar refractivity (Wildman–Crippen MR) is 209 cm³/mol. The number of amides is 3. The van der Waals surface area contributed by atoms with Crippen LogP contribution in [0.1, 0.15) is 29.3 Å². The number of carbonyl (C=O) groups is 3. The van der Waals surface area contributed by atoms with Gasteiger partial charge in [0, 0.05) is 32.1 Å². The van der Waals surface area contributed by atoms with Gasteiger partial charge in [0.2, 0.25) is 11.7 Å². The molecule has 0 saturated heterocycles. The number of halogens is 2. The Balaban J connectivity index is 1.33. The highest BCUT2D eigenvalue weighted by Gasteiger charge is 2.21. The molecule has 5 rings (SSSR count). The largest absolute Gasteiger partial charge is 0.493 e. The van der Waals surface area contributed by atoms with Gasteiger partial charge in [-0.1, -0.05) is 54.4 Å². The molecule has 0 aliphatic carbocycles. The summed E-state index contributed by atoms with van der Waals surface area (Å²) in [5.41, 5.74) is 2.65. The van der Waals surface area contributed by atoms with Crippen LogP contribution in [-0.4, -0.2) is 49.3 Å². The molecule has 1 atom stereocenters. The molecule has 4 aromatic carbocycles. The Kier molecular flexibility index (Phi) is 13.2. The van der Waals surface area contributed by atoms with Crippen LogP contribution >= 0.6 is 46.3 Å². The van der Waals surface area contributed by atoms with E-state index in [-0.39, 0.29) is 11.6 Å². The predicted octanol–water partition coefficient (Wildman–Crippen LogP) is 9.06. The molecule has 0 aliphatic rings. The van der Waals surface area contributed by atoms with E-state index in [4.69, 9.17) is 37.4 Å². The lowest BCUT2D eigenvalue weighted by atomic mass is 10.1. The van der Waals surface area contributed by atoms with Crippen LogP contribution in [0.3, 0.4) is 0 Å². The fourth-order valence-electron chi connectivity index (χ4n) is 4.96. The average molecular weight is 778 g/mol. The molecule has 0 aliphatic heterocycles. The first-order chi connectivity index (χ1) is 25.1. The Hall–Kier alpha value is -5.01. The van der Waals surface area contributed by atoms with Crippen LogP contribution in [0.4, 0.5) is 10.8 Å². The molecule has 0 fully saturated rings. The Labute approximate surface area is 319 Å². The second kappa shape index (κ2) is 18.0. The summed E-state index contributed by atoms with van der Waals surface area (Å²) in [6.45, 7) is 1.92. The number of rotatable bonds is 14. The van der Waals surface area contributed by atoms with Gasteiger partial charge in [-0.05, 0) is 78.7 Å². The molecule has 1 heterocycles. The number of carbonyl (C=O) groups excluding carboxylic acids is 3. The Morgan fingerprint density at radius 1 is 0.885 bits per heavy atom. The zero-order chi connectivity index (χ0) is 37.2. The zero-order valence-corrected chi connectivity index (χ0v) is 31.6. The van der Waals surface area contributed by atoms with Gasteiger partial charge in [0.05, 0.1) is 37.3 Å². The molecule has 3 amide bonds. The van der Waals surface area contributed by atoms with Crippen molar-refractivity contribution in [1.82, 2.24) is 10.3 Å². The molecule has 0 bridgehead atoms. The smallest absolute Gasteiger partial charge is 0.272 e. The molecule has 3 N–H and O–H groups in total. The van der Waals surface area contributed by atoms with Crippen molar-refractivity contribution in [2.24, 2.45) is 0 Å². The lowest BCUT2D eigenvalue weighted by Gasteiger charge is -2.16. The van der Waals surface area contributed by atoms with Gasteiger partial charge in [0.15, 0.2) is 16.6 Å². The third-order valence-electron chi connectivity index (χ3n) is 7.50. The first-order valence-corrected chi connectivity index (χ1v) is 18.3. The number of nitrogens with zero attached hydrogens (tertiary/aromatic N) is 1. The standard InChI is InChI=1S/C38H34Cl2N4O6S2/c1-5-33(37(47)44-38-43-30(21-51-38)27-15-14-24(39)19-28(27)40)52-26-13-9-12-25(20-26)41-36(46)29(42-35(45)23-10-7-6-8-11-23)16-22-17-31(48-2)34(50-4)32(18-22)49-3/h6-21,33H,5H2,1-4H3,(H,41,46)(H,42,45)(H,43,44,47)/b29-16+. The number of ether oxygens (including phenoxy) is 3. The van der Waals surface area contributed by atoms with E-state index in [1.54, 1.807) is 78.9 Å². The number of thioether (sulfide) groups is 1. The van der Waals surface area contributed by atoms with Crippen LogP contribution in [0, 0.1) is 0 Å². The monoisotopic (exact) mass is 776 g/mol. The maximum absolute atomic E-state index is 13.8. The quantitative estimate of drug-likeness (QED) is 0.0753. The first kappa shape index (κ1) is 38.2. The Morgan fingerprint density at radius 2 is 1.62 bits per heavy atom. The zero-order valence-electron chi connectivity index (χ0n) is 28.5. The van der Waals surface area contributed by atoms with Crippen LogP contribution in [-0.2, 0) is 9.59 Å². The molecular weight excluding hydrogens is 743 g/mol. The van der Waals surface area contributed by atoms with Crippen molar-refractivity contribution < 1.29 is 28.6 Å². The summed E-state index contributed by atoms with van der Waals surface area (Å²) >= 11 is 15.0. The summed E-state index contributed by atoms with van der Waals surface area (Å²) in [5.74, 6) is -0.131. The Morgan fingerprint density at radius 3 is 2.27 bits per heavy atom. The van der Waals surface area contributed by atoms with Crippen molar-refractivity contribution >= 4 is 80.9 Å². The van der Waals surface area contributed by atoms with Crippen LogP contribution < -0.4 is 30.2 Å². The van der Waals surface area contributed by atoms with E-state index in [1.165, 1.54) is 50.5 Å². The SMILES string of the molecule is CCC(Sc1cccc(NC(=O)/C(=C\c2cc(OC)c(OC)c(OC)c2)NC(=O)c2ccccc2)c1)C(=O)Nc1nc(-c2ccc(Cl)cc2Cl)cs1. The van der Waals surface area contributed by atoms with Crippen LogP contribution in [0.25, 0.3) is 17.3 Å². The number of hydrogen-bond donors (Lipinski definition) is 3. The van der Waals surface area contributed by atoms with Gasteiger partial charge in [0.1, 0.15) is 5.70 Å². The molecule has 10 nitrogen and oxygen atoms in total. The van der Waals surface area contributed by atoms with Gasteiger partial charge >= 0.3 is 0 Å². The number of nitrogens with one attached hydrogen (secondary N) is 3. The van der Waals surface area contributed by atoms with E-state index >= 15 is 0 Å². The minimum Gasteiger partial charge on any atom is -0.493 e. The van der Waals surface area contributed by atoms with Crippen LogP contribution in [0.5, 0.6) is 17.2 Å². The number of benzene rings is 4. The van der Waals surface area contributed by atoms with Gasteiger partial charge in [-0.15, -0.1) is 23.1 Å². The normalized spacial score (nSPS) is 11.7. The third-order valence-corrected chi connectivity index (χ3v) is 10.2. The third kappa shape index (κ3) is 9.65. The summed E-state index contributed by atoms with van der Waals surface area (Å²) in [6, 6.07) is 24.1. The van der Waals surface area contributed by atoms with Gasteiger partial charge in [-0.25, -0.2) is 4.98 Å². The molecule has 268 valence electrons. The molecule has 0 spiro atoms. The fourth-order valence-corrected chi connectivity index (χ4v) is 7.20. The minimum absolute atomic E-state index is 0.0327. The van der Waals surface area contributed by atoms with E-state index in [9.17, 15) is 14.4 Å². The van der Waals surface area contributed by atoms with E-state index in [2.05, 4.69) is 20.9 Å². The van der Waals surface area contributed by atoms with E-state index in [0.717, 1.165) is 4.90 Å². The summed E-state index contributed by atoms with van der Waals surface area (Å²) < 4.78 is 16.4. The van der Waals surface area contributed by atoms with E-state index < -0.39 is 17.1 Å². The van der Waals surface area contributed by atoms with E-state index in [1.807, 2.05) is 18.4 Å². The fraction of sp³-hybridized carbons (Fsp3) is 0.158. The highest BCUT2D eigenvalue weighted by atomic mass is 35.5. The van der Waals surface area contributed by atoms with Gasteiger partial charge in [0.25, 0.3) is 11.8 Å². The first-order valence-electron chi connectivity index (χ1n) is 15.8. The number of methoxy groups -OCH3 is 3. The van der Waals surface area contributed by atoms with Crippen LogP contribution in [0.15, 0.2) is 101 Å². The second-order valence-electron chi connectivity index (χ2n) is 11.0. The lowest BCUT2D eigenvalue weighted by molar-refractivity contribution is -0.116. The van der Waals surface area contributed by atoms with Crippen molar-refractivity contribution in [3.05, 3.63) is 117 Å². The highest BCUT2D eigenvalue weighted by molar-refractivity contribution is 8.00. The minimum atomic E-state index is -0.578. The van der Waals surface area contributed by atoms with Crippen molar-refractivity contribution in [2.75, 3.05) is 32.0 Å². The number of thiazole rings is 1.